The molecule has 2 aromatic rings. The van der Waals surface area contributed by atoms with E-state index in [4.69, 9.17) is 10.5 Å². The molecule has 2 rings (SSSR count). The number of aliphatic imine (C=N–C) groups is 1. The molecule has 0 fully saturated rings. The van der Waals surface area contributed by atoms with Gasteiger partial charge in [-0.05, 0) is 48.9 Å². The van der Waals surface area contributed by atoms with Crippen molar-refractivity contribution in [1.82, 2.24) is 0 Å². The topological polar surface area (TPSA) is 81.8 Å². The van der Waals surface area contributed by atoms with Crippen molar-refractivity contribution in [2.45, 2.75) is 6.92 Å². The Kier molecular flexibility index (Phi) is 5.03. The molecule has 0 aliphatic carbocycles. The van der Waals surface area contributed by atoms with Gasteiger partial charge >= 0.3 is 0 Å². The Balaban J connectivity index is 2.05. The van der Waals surface area contributed by atoms with Gasteiger partial charge in [0.25, 0.3) is 5.91 Å². The number of rotatable bonds is 6. The standard InChI is InChI=1S/C17H16N2O3/c1-12(20)14-3-2-4-15(9-14)19-10-13-5-7-16(8-6-13)22-11-17(18)21/h2-10H,11H2,1H3,(H2,18,21). The number of hydrogen-bond donors (Lipinski definition) is 1. The fourth-order valence-corrected chi connectivity index (χ4v) is 1.76. The molecule has 0 saturated heterocycles. The van der Waals surface area contributed by atoms with E-state index in [1.165, 1.54) is 6.92 Å². The van der Waals surface area contributed by atoms with Gasteiger partial charge in [-0.25, -0.2) is 0 Å². The fraction of sp³-hybridized carbons (Fsp3) is 0.118. The summed E-state index contributed by atoms with van der Waals surface area (Å²) < 4.78 is 5.17. The van der Waals surface area contributed by atoms with Gasteiger partial charge in [0.2, 0.25) is 0 Å². The number of primary amides is 1. The molecule has 0 spiro atoms. The molecule has 0 heterocycles. The Morgan fingerprint density at radius 3 is 2.55 bits per heavy atom. The SMILES string of the molecule is CC(=O)c1cccc(N=Cc2ccc(OCC(N)=O)cc2)c1. The highest BCUT2D eigenvalue weighted by molar-refractivity contribution is 5.95. The number of amides is 1. The normalized spacial score (nSPS) is 10.6. The summed E-state index contributed by atoms with van der Waals surface area (Å²) in [7, 11) is 0. The largest absolute Gasteiger partial charge is 0.484 e. The third-order valence-electron chi connectivity index (χ3n) is 2.88. The van der Waals surface area contributed by atoms with E-state index in [1.54, 1.807) is 36.5 Å². The zero-order chi connectivity index (χ0) is 15.9. The van der Waals surface area contributed by atoms with Crippen LogP contribution < -0.4 is 10.5 Å². The molecule has 0 unspecified atom stereocenters. The molecule has 22 heavy (non-hydrogen) atoms. The molecule has 0 aromatic heterocycles. The van der Waals surface area contributed by atoms with E-state index < -0.39 is 5.91 Å². The van der Waals surface area contributed by atoms with Crippen LogP contribution in [-0.2, 0) is 4.79 Å². The minimum Gasteiger partial charge on any atom is -0.484 e. The number of nitrogens with zero attached hydrogens (tertiary/aromatic N) is 1. The number of Topliss-reactive ketones (excluding diaryl/α,β-unsaturated/α-hetero) is 1. The van der Waals surface area contributed by atoms with Crippen LogP contribution in [0.5, 0.6) is 5.75 Å². The van der Waals surface area contributed by atoms with Crippen LogP contribution in [0.1, 0.15) is 22.8 Å². The maximum Gasteiger partial charge on any atom is 0.255 e. The summed E-state index contributed by atoms with van der Waals surface area (Å²) in [6.45, 7) is 1.37. The molecular weight excluding hydrogens is 280 g/mol. The Hall–Kier alpha value is -2.95. The molecule has 112 valence electrons. The molecule has 0 bridgehead atoms. The van der Waals surface area contributed by atoms with Gasteiger partial charge in [0.15, 0.2) is 12.4 Å². The van der Waals surface area contributed by atoms with Crippen molar-refractivity contribution in [2.24, 2.45) is 10.7 Å². The number of nitrogens with two attached hydrogens (primary N) is 1. The lowest BCUT2D eigenvalue weighted by Crippen LogP contribution is -2.19. The van der Waals surface area contributed by atoms with Crippen molar-refractivity contribution in [1.29, 1.82) is 0 Å². The number of benzene rings is 2. The molecule has 0 atom stereocenters. The summed E-state index contributed by atoms with van der Waals surface area (Å²) in [6.07, 6.45) is 1.69. The first-order valence-corrected chi connectivity index (χ1v) is 6.71. The third kappa shape index (κ3) is 4.56. The number of ketones is 1. The van der Waals surface area contributed by atoms with Gasteiger partial charge in [-0.1, -0.05) is 12.1 Å². The van der Waals surface area contributed by atoms with Crippen LogP contribution in [0.15, 0.2) is 53.5 Å². The Labute approximate surface area is 128 Å². The van der Waals surface area contributed by atoms with Gasteiger partial charge in [-0.2, -0.15) is 0 Å². The van der Waals surface area contributed by atoms with Crippen molar-refractivity contribution in [3.05, 3.63) is 59.7 Å². The molecule has 1 amide bonds. The zero-order valence-electron chi connectivity index (χ0n) is 12.2. The van der Waals surface area contributed by atoms with E-state index in [-0.39, 0.29) is 12.4 Å². The second kappa shape index (κ2) is 7.17. The van der Waals surface area contributed by atoms with Gasteiger partial charge in [0.05, 0.1) is 5.69 Å². The first kappa shape index (κ1) is 15.4. The molecule has 2 aromatic carbocycles. The van der Waals surface area contributed by atoms with Crippen LogP contribution in [0.25, 0.3) is 0 Å². The fourth-order valence-electron chi connectivity index (χ4n) is 1.76. The lowest BCUT2D eigenvalue weighted by atomic mass is 10.1. The first-order chi connectivity index (χ1) is 10.5. The summed E-state index contributed by atoms with van der Waals surface area (Å²) in [5.74, 6) is 0.0542. The molecule has 5 nitrogen and oxygen atoms in total. The van der Waals surface area contributed by atoms with Crippen LogP contribution in [-0.4, -0.2) is 24.5 Å². The van der Waals surface area contributed by atoms with E-state index >= 15 is 0 Å². The summed E-state index contributed by atoms with van der Waals surface area (Å²) in [5, 5.41) is 0. The Bertz CT molecular complexity index is 706. The average Bonchev–Trinajstić information content (AvgIpc) is 2.52. The minimum atomic E-state index is -0.518. The van der Waals surface area contributed by atoms with Crippen molar-refractivity contribution in [3.8, 4) is 5.75 Å². The van der Waals surface area contributed by atoms with E-state index in [0.29, 0.717) is 17.0 Å². The molecule has 5 heteroatoms. The molecule has 0 saturated carbocycles. The van der Waals surface area contributed by atoms with Gasteiger partial charge < -0.3 is 10.5 Å². The highest BCUT2D eigenvalue weighted by Gasteiger charge is 1.99. The number of carbonyl (C=O) groups is 2. The molecule has 0 radical (unpaired) electrons. The summed E-state index contributed by atoms with van der Waals surface area (Å²) >= 11 is 0. The lowest BCUT2D eigenvalue weighted by molar-refractivity contribution is -0.119. The number of hydrogen-bond acceptors (Lipinski definition) is 4. The van der Waals surface area contributed by atoms with Crippen LogP contribution in [0.3, 0.4) is 0 Å². The van der Waals surface area contributed by atoms with Crippen LogP contribution in [0, 0.1) is 0 Å². The predicted molar refractivity (Wildman–Crippen MR) is 84.8 cm³/mol. The predicted octanol–water partition coefficient (Wildman–Crippen LogP) is 2.50. The van der Waals surface area contributed by atoms with E-state index in [1.807, 2.05) is 18.2 Å². The zero-order valence-corrected chi connectivity index (χ0v) is 12.2. The molecular formula is C17H16N2O3. The maximum atomic E-state index is 11.3. The first-order valence-electron chi connectivity index (χ1n) is 6.71. The summed E-state index contributed by atoms with van der Waals surface area (Å²) in [5.41, 5.74) is 7.22. The van der Waals surface area contributed by atoms with Crippen molar-refractivity contribution in [2.75, 3.05) is 6.61 Å². The van der Waals surface area contributed by atoms with E-state index in [2.05, 4.69) is 4.99 Å². The van der Waals surface area contributed by atoms with Gasteiger partial charge in [0, 0.05) is 11.8 Å². The van der Waals surface area contributed by atoms with Gasteiger partial charge in [-0.15, -0.1) is 0 Å². The third-order valence-corrected chi connectivity index (χ3v) is 2.88. The highest BCUT2D eigenvalue weighted by Crippen LogP contribution is 2.16. The second-order valence-electron chi connectivity index (χ2n) is 4.69. The van der Waals surface area contributed by atoms with Crippen LogP contribution in [0.4, 0.5) is 5.69 Å². The maximum absolute atomic E-state index is 11.3. The van der Waals surface area contributed by atoms with Gasteiger partial charge in [0.1, 0.15) is 5.75 Å². The monoisotopic (exact) mass is 296 g/mol. The summed E-state index contributed by atoms with van der Waals surface area (Å²) in [6, 6.07) is 14.2. The highest BCUT2D eigenvalue weighted by atomic mass is 16.5. The van der Waals surface area contributed by atoms with Crippen LogP contribution in [0.2, 0.25) is 0 Å². The Morgan fingerprint density at radius 2 is 1.91 bits per heavy atom. The van der Waals surface area contributed by atoms with Gasteiger partial charge in [-0.3, -0.25) is 14.6 Å². The Morgan fingerprint density at radius 1 is 1.18 bits per heavy atom. The molecule has 2 N–H and O–H groups in total. The van der Waals surface area contributed by atoms with Crippen molar-refractivity contribution >= 4 is 23.6 Å². The van der Waals surface area contributed by atoms with Crippen molar-refractivity contribution in [3.63, 3.8) is 0 Å². The molecule has 0 aliphatic heterocycles. The summed E-state index contributed by atoms with van der Waals surface area (Å²) in [4.78, 5) is 26.3. The lowest BCUT2D eigenvalue weighted by Gasteiger charge is -2.03. The molecule has 0 aliphatic rings. The average molecular weight is 296 g/mol. The van der Waals surface area contributed by atoms with Crippen LogP contribution >= 0.6 is 0 Å². The number of carbonyl (C=O) groups excluding carboxylic acids is 2. The smallest absolute Gasteiger partial charge is 0.255 e. The number of ether oxygens (including phenoxy) is 1. The second-order valence-corrected chi connectivity index (χ2v) is 4.69. The minimum absolute atomic E-state index is 0.00741. The quantitative estimate of drug-likeness (QED) is 0.657. The van der Waals surface area contributed by atoms with E-state index in [9.17, 15) is 9.59 Å². The van der Waals surface area contributed by atoms with Crippen molar-refractivity contribution < 1.29 is 14.3 Å². The van der Waals surface area contributed by atoms with E-state index in [0.717, 1.165) is 5.56 Å².